The van der Waals surface area contributed by atoms with E-state index in [9.17, 15) is 4.79 Å². The smallest absolute Gasteiger partial charge is 0.224 e. The van der Waals surface area contributed by atoms with Gasteiger partial charge in [-0.2, -0.15) is 0 Å². The molecule has 3 nitrogen and oxygen atoms in total. The summed E-state index contributed by atoms with van der Waals surface area (Å²) in [4.78, 5) is 14.5. The Balaban J connectivity index is 2.44. The van der Waals surface area contributed by atoms with Gasteiger partial charge in [-0.3, -0.25) is 4.79 Å². The fourth-order valence-electron chi connectivity index (χ4n) is 1.77. The Morgan fingerprint density at radius 1 is 1.53 bits per heavy atom. The summed E-state index contributed by atoms with van der Waals surface area (Å²) in [6.07, 6.45) is 1.69. The summed E-state index contributed by atoms with van der Waals surface area (Å²) in [5, 5.41) is 3.03. The van der Waals surface area contributed by atoms with Crippen LogP contribution in [0, 0.1) is 12.8 Å². The van der Waals surface area contributed by atoms with Crippen molar-refractivity contribution in [2.45, 2.75) is 39.7 Å². The molecule has 0 bridgehead atoms. The third kappa shape index (κ3) is 4.48. The lowest BCUT2D eigenvalue weighted by Gasteiger charge is -2.17. The molecule has 0 aromatic carbocycles. The van der Waals surface area contributed by atoms with Crippen molar-refractivity contribution in [3.8, 4) is 0 Å². The van der Waals surface area contributed by atoms with Crippen LogP contribution in [0.15, 0.2) is 12.1 Å². The van der Waals surface area contributed by atoms with E-state index in [2.05, 4.69) is 24.4 Å². The van der Waals surface area contributed by atoms with Crippen LogP contribution in [0.1, 0.15) is 30.0 Å². The zero-order valence-electron chi connectivity index (χ0n) is 10.8. The molecular formula is C13H22N2OS. The third-order valence-corrected chi connectivity index (χ3v) is 3.86. The number of hydrogen-bond donors (Lipinski definition) is 2. The molecule has 1 heterocycles. The SMILES string of the molecule is CCC(CN)C(=O)NC(C)Cc1ccc(C)s1. The Kier molecular flexibility index (Phi) is 5.65. The van der Waals surface area contributed by atoms with Crippen LogP contribution in [0.3, 0.4) is 0 Å². The molecule has 0 aliphatic heterocycles. The number of thiophene rings is 1. The lowest BCUT2D eigenvalue weighted by Crippen LogP contribution is -2.40. The standard InChI is InChI=1S/C13H22N2OS/c1-4-11(8-14)13(16)15-9(2)7-12-6-5-10(3)17-12/h5-6,9,11H,4,7-8,14H2,1-3H3,(H,15,16). The van der Waals surface area contributed by atoms with Crippen LogP contribution in [-0.4, -0.2) is 18.5 Å². The fourth-order valence-corrected chi connectivity index (χ4v) is 2.79. The Morgan fingerprint density at radius 3 is 2.71 bits per heavy atom. The first-order chi connectivity index (χ1) is 8.06. The van der Waals surface area contributed by atoms with E-state index in [4.69, 9.17) is 5.73 Å². The van der Waals surface area contributed by atoms with Crippen LogP contribution < -0.4 is 11.1 Å². The lowest BCUT2D eigenvalue weighted by atomic mass is 10.1. The lowest BCUT2D eigenvalue weighted by molar-refractivity contribution is -0.125. The van der Waals surface area contributed by atoms with Gasteiger partial charge < -0.3 is 11.1 Å². The zero-order valence-corrected chi connectivity index (χ0v) is 11.6. The molecule has 0 saturated carbocycles. The summed E-state index contributed by atoms with van der Waals surface area (Å²) in [5.74, 6) is 0.0262. The molecule has 1 rings (SSSR count). The van der Waals surface area contributed by atoms with Gasteiger partial charge in [0.1, 0.15) is 0 Å². The van der Waals surface area contributed by atoms with Gasteiger partial charge in [0.2, 0.25) is 5.91 Å². The number of amides is 1. The van der Waals surface area contributed by atoms with Gasteiger partial charge in [-0.1, -0.05) is 6.92 Å². The molecule has 0 fully saturated rings. The van der Waals surface area contributed by atoms with Gasteiger partial charge in [0, 0.05) is 34.7 Å². The highest BCUT2D eigenvalue weighted by Gasteiger charge is 2.16. The number of carbonyl (C=O) groups is 1. The molecule has 4 heteroatoms. The quantitative estimate of drug-likeness (QED) is 0.816. The maximum Gasteiger partial charge on any atom is 0.224 e. The second kappa shape index (κ2) is 6.77. The summed E-state index contributed by atoms with van der Waals surface area (Å²) < 4.78 is 0. The van der Waals surface area contributed by atoms with Crippen molar-refractivity contribution in [3.63, 3.8) is 0 Å². The summed E-state index contributed by atoms with van der Waals surface area (Å²) >= 11 is 1.79. The van der Waals surface area contributed by atoms with Crippen molar-refractivity contribution in [3.05, 3.63) is 21.9 Å². The van der Waals surface area contributed by atoms with Crippen LogP contribution in [0.2, 0.25) is 0 Å². The van der Waals surface area contributed by atoms with Crippen molar-refractivity contribution in [1.29, 1.82) is 0 Å². The molecule has 1 amide bonds. The van der Waals surface area contributed by atoms with E-state index in [-0.39, 0.29) is 17.9 Å². The molecule has 1 aromatic heterocycles. The number of carbonyl (C=O) groups excluding carboxylic acids is 1. The predicted molar refractivity (Wildman–Crippen MR) is 73.2 cm³/mol. The van der Waals surface area contributed by atoms with E-state index in [0.717, 1.165) is 12.8 Å². The number of aryl methyl sites for hydroxylation is 1. The molecule has 0 spiro atoms. The van der Waals surface area contributed by atoms with Gasteiger partial charge in [-0.15, -0.1) is 11.3 Å². The van der Waals surface area contributed by atoms with E-state index >= 15 is 0 Å². The minimum absolute atomic E-state index is 0.0532. The Morgan fingerprint density at radius 2 is 2.24 bits per heavy atom. The van der Waals surface area contributed by atoms with E-state index in [1.165, 1.54) is 9.75 Å². The van der Waals surface area contributed by atoms with Crippen molar-refractivity contribution >= 4 is 17.2 Å². The van der Waals surface area contributed by atoms with Crippen LogP contribution in [0.4, 0.5) is 0 Å². The minimum atomic E-state index is -0.0532. The van der Waals surface area contributed by atoms with Gasteiger partial charge in [0.25, 0.3) is 0 Å². The first-order valence-corrected chi connectivity index (χ1v) is 6.94. The molecule has 17 heavy (non-hydrogen) atoms. The van der Waals surface area contributed by atoms with Gasteiger partial charge in [-0.25, -0.2) is 0 Å². The Hall–Kier alpha value is -0.870. The minimum Gasteiger partial charge on any atom is -0.353 e. The fraction of sp³-hybridized carbons (Fsp3) is 0.615. The second-order valence-corrected chi connectivity index (χ2v) is 5.84. The van der Waals surface area contributed by atoms with Crippen LogP contribution >= 0.6 is 11.3 Å². The molecule has 2 unspecified atom stereocenters. The summed E-state index contributed by atoms with van der Waals surface area (Å²) in [7, 11) is 0. The predicted octanol–water partition coefficient (Wildman–Crippen LogP) is 2.09. The molecule has 96 valence electrons. The van der Waals surface area contributed by atoms with E-state index in [1.807, 2.05) is 13.8 Å². The molecule has 0 saturated heterocycles. The topological polar surface area (TPSA) is 55.1 Å². The maximum atomic E-state index is 11.8. The van der Waals surface area contributed by atoms with Crippen molar-refractivity contribution < 1.29 is 4.79 Å². The Labute approximate surface area is 107 Å². The summed E-state index contributed by atoms with van der Waals surface area (Å²) in [6, 6.07) is 4.41. The molecule has 2 atom stereocenters. The van der Waals surface area contributed by atoms with Crippen molar-refractivity contribution in [1.82, 2.24) is 5.32 Å². The first kappa shape index (κ1) is 14.2. The number of nitrogens with one attached hydrogen (secondary N) is 1. The molecule has 3 N–H and O–H groups in total. The van der Waals surface area contributed by atoms with Gasteiger partial charge in [0.15, 0.2) is 0 Å². The second-order valence-electron chi connectivity index (χ2n) is 4.47. The van der Waals surface area contributed by atoms with E-state index in [0.29, 0.717) is 6.54 Å². The Bertz CT molecular complexity index is 358. The molecule has 1 aromatic rings. The largest absolute Gasteiger partial charge is 0.353 e. The zero-order chi connectivity index (χ0) is 12.8. The monoisotopic (exact) mass is 254 g/mol. The van der Waals surface area contributed by atoms with Crippen LogP contribution in [0.5, 0.6) is 0 Å². The number of hydrogen-bond acceptors (Lipinski definition) is 3. The van der Waals surface area contributed by atoms with Crippen molar-refractivity contribution in [2.24, 2.45) is 11.7 Å². The van der Waals surface area contributed by atoms with Gasteiger partial charge in [-0.05, 0) is 32.4 Å². The van der Waals surface area contributed by atoms with E-state index in [1.54, 1.807) is 11.3 Å². The average Bonchev–Trinajstić information content (AvgIpc) is 2.65. The normalized spacial score (nSPS) is 14.4. The molecule has 0 aliphatic carbocycles. The third-order valence-electron chi connectivity index (χ3n) is 2.84. The summed E-state index contributed by atoms with van der Waals surface area (Å²) in [6.45, 7) is 6.55. The first-order valence-electron chi connectivity index (χ1n) is 6.12. The highest BCUT2D eigenvalue weighted by atomic mass is 32.1. The van der Waals surface area contributed by atoms with Crippen LogP contribution in [-0.2, 0) is 11.2 Å². The highest BCUT2D eigenvalue weighted by Crippen LogP contribution is 2.16. The van der Waals surface area contributed by atoms with Gasteiger partial charge in [0.05, 0.1) is 0 Å². The maximum absolute atomic E-state index is 11.8. The average molecular weight is 254 g/mol. The molecule has 0 aliphatic rings. The van der Waals surface area contributed by atoms with Gasteiger partial charge >= 0.3 is 0 Å². The van der Waals surface area contributed by atoms with E-state index < -0.39 is 0 Å². The van der Waals surface area contributed by atoms with Crippen LogP contribution in [0.25, 0.3) is 0 Å². The molecular weight excluding hydrogens is 232 g/mol. The van der Waals surface area contributed by atoms with Crippen molar-refractivity contribution in [2.75, 3.05) is 6.54 Å². The summed E-state index contributed by atoms with van der Waals surface area (Å²) in [5.41, 5.74) is 5.56. The number of rotatable bonds is 6. The highest BCUT2D eigenvalue weighted by molar-refractivity contribution is 7.11. The molecule has 0 radical (unpaired) electrons. The number of nitrogens with two attached hydrogens (primary N) is 1.